The van der Waals surface area contributed by atoms with Gasteiger partial charge in [-0.1, -0.05) is 6.07 Å². The molecule has 0 aliphatic rings. The normalized spacial score (nSPS) is 10.5. The van der Waals surface area contributed by atoms with Crippen LogP contribution in [0.1, 0.15) is 0 Å². The topological polar surface area (TPSA) is 53.5 Å². The molecule has 1 heterocycles. The number of ether oxygens (including phenoxy) is 3. The summed E-state index contributed by atoms with van der Waals surface area (Å²) in [5, 5.41) is 0.854. The van der Waals surface area contributed by atoms with Crippen LogP contribution >= 0.6 is 0 Å². The SMILES string of the molecule is COc1ccc(OC)c(-c2ccc3ncnc(OC)c3c2)c1. The molecule has 0 saturated heterocycles. The van der Waals surface area contributed by atoms with Gasteiger partial charge in [-0.25, -0.2) is 9.97 Å². The first-order valence-corrected chi connectivity index (χ1v) is 6.78. The van der Waals surface area contributed by atoms with Crippen molar-refractivity contribution in [1.29, 1.82) is 0 Å². The Morgan fingerprint density at radius 1 is 0.818 bits per heavy atom. The predicted molar refractivity (Wildman–Crippen MR) is 84.6 cm³/mol. The van der Waals surface area contributed by atoms with Crippen LogP contribution in [0, 0.1) is 0 Å². The smallest absolute Gasteiger partial charge is 0.224 e. The molecule has 0 bridgehead atoms. The molecule has 2 aromatic carbocycles. The molecular weight excluding hydrogens is 280 g/mol. The van der Waals surface area contributed by atoms with Gasteiger partial charge in [0.05, 0.1) is 32.2 Å². The molecule has 1 aromatic heterocycles. The van der Waals surface area contributed by atoms with E-state index in [4.69, 9.17) is 14.2 Å². The Hall–Kier alpha value is -2.82. The first-order valence-electron chi connectivity index (χ1n) is 6.78. The van der Waals surface area contributed by atoms with Crippen LogP contribution in [-0.4, -0.2) is 31.3 Å². The van der Waals surface area contributed by atoms with Gasteiger partial charge in [0.15, 0.2) is 0 Å². The van der Waals surface area contributed by atoms with E-state index in [1.165, 1.54) is 6.33 Å². The van der Waals surface area contributed by atoms with Crippen molar-refractivity contribution in [2.45, 2.75) is 0 Å². The Morgan fingerprint density at radius 3 is 2.41 bits per heavy atom. The van der Waals surface area contributed by atoms with Crippen LogP contribution in [0.3, 0.4) is 0 Å². The van der Waals surface area contributed by atoms with Gasteiger partial charge in [-0.3, -0.25) is 0 Å². The molecule has 0 aliphatic heterocycles. The van der Waals surface area contributed by atoms with Gasteiger partial charge in [0.2, 0.25) is 5.88 Å². The lowest BCUT2D eigenvalue weighted by molar-refractivity contribution is 0.402. The van der Waals surface area contributed by atoms with E-state index in [1.807, 2.05) is 36.4 Å². The van der Waals surface area contributed by atoms with Crippen molar-refractivity contribution in [3.8, 4) is 28.5 Å². The summed E-state index contributed by atoms with van der Waals surface area (Å²) in [6.45, 7) is 0. The highest BCUT2D eigenvalue weighted by Crippen LogP contribution is 2.35. The quantitative estimate of drug-likeness (QED) is 0.739. The number of benzene rings is 2. The van der Waals surface area contributed by atoms with Crippen LogP contribution in [0.2, 0.25) is 0 Å². The van der Waals surface area contributed by atoms with Gasteiger partial charge >= 0.3 is 0 Å². The average molecular weight is 296 g/mol. The van der Waals surface area contributed by atoms with E-state index in [-0.39, 0.29) is 0 Å². The van der Waals surface area contributed by atoms with E-state index < -0.39 is 0 Å². The van der Waals surface area contributed by atoms with Crippen LogP contribution in [0.15, 0.2) is 42.7 Å². The fraction of sp³-hybridized carbons (Fsp3) is 0.176. The molecule has 0 amide bonds. The zero-order chi connectivity index (χ0) is 15.5. The fourth-order valence-corrected chi connectivity index (χ4v) is 2.40. The Morgan fingerprint density at radius 2 is 1.68 bits per heavy atom. The highest BCUT2D eigenvalue weighted by molar-refractivity contribution is 5.89. The summed E-state index contributed by atoms with van der Waals surface area (Å²) < 4.78 is 16.1. The van der Waals surface area contributed by atoms with Crippen LogP contribution in [0.4, 0.5) is 0 Å². The third-order valence-corrected chi connectivity index (χ3v) is 3.51. The summed E-state index contributed by atoms with van der Waals surface area (Å²) in [6.07, 6.45) is 1.49. The van der Waals surface area contributed by atoms with E-state index >= 15 is 0 Å². The van der Waals surface area contributed by atoms with Crippen molar-refractivity contribution in [2.24, 2.45) is 0 Å². The fourth-order valence-electron chi connectivity index (χ4n) is 2.40. The summed E-state index contributed by atoms with van der Waals surface area (Å²) in [7, 11) is 4.89. The van der Waals surface area contributed by atoms with Crippen molar-refractivity contribution in [1.82, 2.24) is 9.97 Å². The molecule has 5 heteroatoms. The van der Waals surface area contributed by atoms with E-state index in [0.29, 0.717) is 5.88 Å². The average Bonchev–Trinajstić information content (AvgIpc) is 2.60. The number of methoxy groups -OCH3 is 3. The third-order valence-electron chi connectivity index (χ3n) is 3.51. The molecule has 0 fully saturated rings. The first-order chi connectivity index (χ1) is 10.8. The van der Waals surface area contributed by atoms with Gasteiger partial charge in [-0.15, -0.1) is 0 Å². The standard InChI is InChI=1S/C17H16N2O3/c1-20-12-5-7-16(21-2)13(9-12)11-4-6-15-14(8-11)17(22-3)19-10-18-15/h4-10H,1-3H3. The molecule has 112 valence electrons. The van der Waals surface area contributed by atoms with Gasteiger partial charge in [0.1, 0.15) is 17.8 Å². The molecule has 3 aromatic rings. The van der Waals surface area contributed by atoms with Crippen LogP contribution in [-0.2, 0) is 0 Å². The van der Waals surface area contributed by atoms with Crippen molar-refractivity contribution in [3.63, 3.8) is 0 Å². The molecule has 3 rings (SSSR count). The van der Waals surface area contributed by atoms with E-state index in [1.54, 1.807) is 21.3 Å². The lowest BCUT2D eigenvalue weighted by Crippen LogP contribution is -1.93. The first kappa shape index (κ1) is 14.1. The van der Waals surface area contributed by atoms with Crippen LogP contribution in [0.25, 0.3) is 22.0 Å². The maximum absolute atomic E-state index is 5.45. The molecule has 5 nitrogen and oxygen atoms in total. The lowest BCUT2D eigenvalue weighted by atomic mass is 10.0. The number of nitrogens with zero attached hydrogens (tertiary/aromatic N) is 2. The number of fused-ring (bicyclic) bond motifs is 1. The van der Waals surface area contributed by atoms with E-state index in [2.05, 4.69) is 9.97 Å². The summed E-state index contributed by atoms with van der Waals surface area (Å²) in [5.41, 5.74) is 2.75. The second-order valence-corrected chi connectivity index (χ2v) is 4.68. The molecule has 0 aliphatic carbocycles. The maximum Gasteiger partial charge on any atom is 0.224 e. The van der Waals surface area contributed by atoms with E-state index in [0.717, 1.165) is 33.5 Å². The molecule has 22 heavy (non-hydrogen) atoms. The van der Waals surface area contributed by atoms with Crippen LogP contribution < -0.4 is 14.2 Å². The number of hydrogen-bond acceptors (Lipinski definition) is 5. The predicted octanol–water partition coefficient (Wildman–Crippen LogP) is 3.32. The molecule has 0 saturated carbocycles. The van der Waals surface area contributed by atoms with Crippen molar-refractivity contribution < 1.29 is 14.2 Å². The zero-order valence-electron chi connectivity index (χ0n) is 12.7. The molecule has 0 N–H and O–H groups in total. The third kappa shape index (κ3) is 2.41. The van der Waals surface area contributed by atoms with Gasteiger partial charge in [0.25, 0.3) is 0 Å². The van der Waals surface area contributed by atoms with Crippen molar-refractivity contribution in [2.75, 3.05) is 21.3 Å². The Labute approximate surface area is 128 Å². The van der Waals surface area contributed by atoms with Gasteiger partial charge in [-0.2, -0.15) is 0 Å². The Bertz CT molecular complexity index is 818. The number of hydrogen-bond donors (Lipinski definition) is 0. The summed E-state index contributed by atoms with van der Waals surface area (Å²) in [6, 6.07) is 11.6. The zero-order valence-corrected chi connectivity index (χ0v) is 12.7. The monoisotopic (exact) mass is 296 g/mol. The Balaban J connectivity index is 2.22. The second-order valence-electron chi connectivity index (χ2n) is 4.68. The molecule has 0 unspecified atom stereocenters. The minimum atomic E-state index is 0.550. The maximum atomic E-state index is 5.45. The number of aromatic nitrogens is 2. The molecule has 0 spiro atoms. The largest absolute Gasteiger partial charge is 0.497 e. The Kier molecular flexibility index (Phi) is 3.78. The van der Waals surface area contributed by atoms with Gasteiger partial charge in [-0.05, 0) is 35.9 Å². The highest BCUT2D eigenvalue weighted by atomic mass is 16.5. The minimum absolute atomic E-state index is 0.550. The van der Waals surface area contributed by atoms with Gasteiger partial charge < -0.3 is 14.2 Å². The van der Waals surface area contributed by atoms with Gasteiger partial charge in [0, 0.05) is 5.56 Å². The molecule has 0 radical (unpaired) electrons. The summed E-state index contributed by atoms with van der Waals surface area (Å²) in [5.74, 6) is 2.09. The number of rotatable bonds is 4. The van der Waals surface area contributed by atoms with Crippen LogP contribution in [0.5, 0.6) is 17.4 Å². The lowest BCUT2D eigenvalue weighted by Gasteiger charge is -2.12. The molecular formula is C17H16N2O3. The summed E-state index contributed by atoms with van der Waals surface area (Å²) >= 11 is 0. The molecule has 0 atom stereocenters. The van der Waals surface area contributed by atoms with Crippen molar-refractivity contribution >= 4 is 10.9 Å². The van der Waals surface area contributed by atoms with Crippen molar-refractivity contribution in [3.05, 3.63) is 42.7 Å². The highest BCUT2D eigenvalue weighted by Gasteiger charge is 2.11. The second kappa shape index (κ2) is 5.89. The minimum Gasteiger partial charge on any atom is -0.497 e. The summed E-state index contributed by atoms with van der Waals surface area (Å²) in [4.78, 5) is 8.40. The van der Waals surface area contributed by atoms with E-state index in [9.17, 15) is 0 Å².